The summed E-state index contributed by atoms with van der Waals surface area (Å²) in [5, 5.41) is 0. The molecule has 5 heteroatoms. The summed E-state index contributed by atoms with van der Waals surface area (Å²) in [5.41, 5.74) is 7.75. The third-order valence-corrected chi connectivity index (χ3v) is 5.71. The van der Waals surface area contributed by atoms with E-state index in [1.165, 1.54) is 0 Å². The van der Waals surface area contributed by atoms with Gasteiger partial charge in [0.15, 0.2) is 0 Å². The molecule has 0 heterocycles. The molecule has 1 aliphatic carbocycles. The maximum absolute atomic E-state index is 12.5. The normalized spacial score (nSPS) is 23.7. The highest BCUT2D eigenvalue weighted by atomic mass is 32.2. The molecule has 1 saturated carbocycles. The zero-order valence-corrected chi connectivity index (χ0v) is 12.5. The fourth-order valence-electron chi connectivity index (χ4n) is 2.99. The Balaban J connectivity index is 2.34. The van der Waals surface area contributed by atoms with Crippen LogP contribution < -0.4 is 10.5 Å². The molecule has 2 rings (SSSR count). The van der Waals surface area contributed by atoms with Crippen LogP contribution in [-0.4, -0.2) is 14.5 Å². The Morgan fingerprint density at radius 1 is 1.21 bits per heavy atom. The summed E-state index contributed by atoms with van der Waals surface area (Å²) in [6, 6.07) is 3.47. The van der Waals surface area contributed by atoms with E-state index in [1.54, 1.807) is 26.0 Å². The van der Waals surface area contributed by atoms with E-state index < -0.39 is 10.0 Å². The number of nitrogen functional groups attached to an aromatic ring is 1. The molecule has 1 fully saturated rings. The lowest BCUT2D eigenvalue weighted by Gasteiger charge is -2.19. The van der Waals surface area contributed by atoms with Gasteiger partial charge in [-0.25, -0.2) is 13.1 Å². The third kappa shape index (κ3) is 2.92. The Morgan fingerprint density at radius 3 is 2.26 bits per heavy atom. The lowest BCUT2D eigenvalue weighted by molar-refractivity contribution is 0.476. The van der Waals surface area contributed by atoms with Crippen molar-refractivity contribution in [3.05, 3.63) is 23.3 Å². The number of anilines is 1. The molecule has 0 amide bonds. The molecule has 1 aromatic carbocycles. The standard InChI is InChI=1S/C14H22N2O2S/c1-9-5-4-6-13(9)16-19(17,18)14-10(2)7-12(15)8-11(14)3/h7-9,13,16H,4-6,15H2,1-3H3. The van der Waals surface area contributed by atoms with Crippen molar-refractivity contribution in [1.82, 2.24) is 4.72 Å². The van der Waals surface area contributed by atoms with Crippen LogP contribution in [0, 0.1) is 19.8 Å². The maximum atomic E-state index is 12.5. The summed E-state index contributed by atoms with van der Waals surface area (Å²) >= 11 is 0. The molecule has 1 aliphatic rings. The van der Waals surface area contributed by atoms with E-state index >= 15 is 0 Å². The van der Waals surface area contributed by atoms with E-state index in [4.69, 9.17) is 5.73 Å². The number of sulfonamides is 1. The minimum atomic E-state index is -3.46. The van der Waals surface area contributed by atoms with Crippen LogP contribution in [0.3, 0.4) is 0 Å². The van der Waals surface area contributed by atoms with Gasteiger partial charge in [-0.3, -0.25) is 0 Å². The molecular weight excluding hydrogens is 260 g/mol. The molecule has 0 bridgehead atoms. The molecule has 0 aromatic heterocycles. The van der Waals surface area contributed by atoms with Crippen LogP contribution in [0.2, 0.25) is 0 Å². The molecule has 2 unspecified atom stereocenters. The van der Waals surface area contributed by atoms with Gasteiger partial charge in [-0.05, 0) is 55.9 Å². The van der Waals surface area contributed by atoms with Crippen molar-refractivity contribution in [3.63, 3.8) is 0 Å². The number of nitrogens with one attached hydrogen (secondary N) is 1. The van der Waals surface area contributed by atoms with Crippen molar-refractivity contribution in [3.8, 4) is 0 Å². The van der Waals surface area contributed by atoms with Gasteiger partial charge < -0.3 is 5.73 Å². The molecule has 4 nitrogen and oxygen atoms in total. The van der Waals surface area contributed by atoms with Gasteiger partial charge in [0, 0.05) is 11.7 Å². The van der Waals surface area contributed by atoms with Crippen molar-refractivity contribution < 1.29 is 8.42 Å². The first-order chi connectivity index (χ1) is 8.81. The van der Waals surface area contributed by atoms with Crippen molar-refractivity contribution in [2.24, 2.45) is 5.92 Å². The zero-order chi connectivity index (χ0) is 14.2. The Morgan fingerprint density at radius 2 is 1.79 bits per heavy atom. The summed E-state index contributed by atoms with van der Waals surface area (Å²) in [5.74, 6) is 0.407. The first-order valence-corrected chi connectivity index (χ1v) is 8.18. The highest BCUT2D eigenvalue weighted by Crippen LogP contribution is 2.28. The van der Waals surface area contributed by atoms with Gasteiger partial charge in [0.1, 0.15) is 0 Å². The highest BCUT2D eigenvalue weighted by molar-refractivity contribution is 7.89. The predicted octanol–water partition coefficient (Wildman–Crippen LogP) is 2.35. The van der Waals surface area contributed by atoms with Crippen LogP contribution in [0.5, 0.6) is 0 Å². The predicted molar refractivity (Wildman–Crippen MR) is 77.5 cm³/mol. The number of hydrogen-bond donors (Lipinski definition) is 2. The lowest BCUT2D eigenvalue weighted by atomic mass is 10.1. The number of benzene rings is 1. The SMILES string of the molecule is Cc1cc(N)cc(C)c1S(=O)(=O)NC1CCCC1C. The maximum Gasteiger partial charge on any atom is 0.241 e. The van der Waals surface area contributed by atoms with E-state index in [-0.39, 0.29) is 6.04 Å². The molecule has 1 aromatic rings. The molecule has 0 radical (unpaired) electrons. The van der Waals surface area contributed by atoms with Crippen LogP contribution in [0.25, 0.3) is 0 Å². The van der Waals surface area contributed by atoms with Gasteiger partial charge in [0.2, 0.25) is 10.0 Å². The van der Waals surface area contributed by atoms with Crippen LogP contribution in [0.15, 0.2) is 17.0 Å². The van der Waals surface area contributed by atoms with Crippen molar-refractivity contribution >= 4 is 15.7 Å². The largest absolute Gasteiger partial charge is 0.399 e. The first kappa shape index (κ1) is 14.3. The fraction of sp³-hybridized carbons (Fsp3) is 0.571. The minimum Gasteiger partial charge on any atom is -0.399 e. The molecular formula is C14H22N2O2S. The number of aryl methyl sites for hydroxylation is 2. The summed E-state index contributed by atoms with van der Waals surface area (Å²) in [7, 11) is -3.46. The summed E-state index contributed by atoms with van der Waals surface area (Å²) in [4.78, 5) is 0.376. The average Bonchev–Trinajstić information content (AvgIpc) is 2.61. The first-order valence-electron chi connectivity index (χ1n) is 6.70. The Hall–Kier alpha value is -1.07. The third-order valence-electron chi connectivity index (χ3n) is 3.92. The van der Waals surface area contributed by atoms with E-state index in [9.17, 15) is 8.42 Å². The second-order valence-electron chi connectivity index (χ2n) is 5.62. The van der Waals surface area contributed by atoms with Crippen LogP contribution in [0.1, 0.15) is 37.3 Å². The topological polar surface area (TPSA) is 72.2 Å². The molecule has 106 valence electrons. The number of hydrogen-bond acceptors (Lipinski definition) is 3. The van der Waals surface area contributed by atoms with Crippen molar-refractivity contribution in [2.75, 3.05) is 5.73 Å². The Labute approximate surface area is 115 Å². The second-order valence-corrected chi connectivity index (χ2v) is 7.27. The summed E-state index contributed by atoms with van der Waals surface area (Å²) in [6.45, 7) is 5.68. The monoisotopic (exact) mass is 282 g/mol. The van der Waals surface area contributed by atoms with Gasteiger partial charge in [0.25, 0.3) is 0 Å². The molecule has 2 atom stereocenters. The van der Waals surface area contributed by atoms with Gasteiger partial charge in [-0.1, -0.05) is 13.3 Å². The quantitative estimate of drug-likeness (QED) is 0.836. The molecule has 0 aliphatic heterocycles. The Kier molecular flexibility index (Phi) is 3.87. The zero-order valence-electron chi connectivity index (χ0n) is 11.7. The molecule has 0 saturated heterocycles. The highest BCUT2D eigenvalue weighted by Gasteiger charge is 2.29. The fourth-order valence-corrected chi connectivity index (χ4v) is 4.82. The molecule has 19 heavy (non-hydrogen) atoms. The number of nitrogens with two attached hydrogens (primary N) is 1. The van der Waals surface area contributed by atoms with Crippen LogP contribution in [-0.2, 0) is 10.0 Å². The lowest BCUT2D eigenvalue weighted by Crippen LogP contribution is -2.37. The van der Waals surface area contributed by atoms with E-state index in [0.29, 0.717) is 27.6 Å². The summed E-state index contributed by atoms with van der Waals surface area (Å²) in [6.07, 6.45) is 3.11. The van der Waals surface area contributed by atoms with Gasteiger partial charge >= 0.3 is 0 Å². The Bertz CT molecular complexity index is 558. The van der Waals surface area contributed by atoms with E-state index in [2.05, 4.69) is 11.6 Å². The van der Waals surface area contributed by atoms with Crippen LogP contribution >= 0.6 is 0 Å². The average molecular weight is 282 g/mol. The van der Waals surface area contributed by atoms with Gasteiger partial charge in [0.05, 0.1) is 4.90 Å². The van der Waals surface area contributed by atoms with E-state index in [1.807, 2.05) is 0 Å². The van der Waals surface area contributed by atoms with Crippen molar-refractivity contribution in [1.29, 1.82) is 0 Å². The van der Waals surface area contributed by atoms with Gasteiger partial charge in [-0.2, -0.15) is 0 Å². The van der Waals surface area contributed by atoms with Gasteiger partial charge in [-0.15, -0.1) is 0 Å². The number of rotatable bonds is 3. The smallest absolute Gasteiger partial charge is 0.241 e. The molecule has 3 N–H and O–H groups in total. The van der Waals surface area contributed by atoms with Crippen LogP contribution in [0.4, 0.5) is 5.69 Å². The van der Waals surface area contributed by atoms with Crippen molar-refractivity contribution in [2.45, 2.75) is 51.0 Å². The second kappa shape index (κ2) is 5.13. The van der Waals surface area contributed by atoms with E-state index in [0.717, 1.165) is 19.3 Å². The molecule has 0 spiro atoms. The minimum absolute atomic E-state index is 0.0568. The summed E-state index contributed by atoms with van der Waals surface area (Å²) < 4.78 is 27.9.